The second-order valence-corrected chi connectivity index (χ2v) is 5.30. The average molecular weight is 329 g/mol. The van der Waals surface area contributed by atoms with E-state index in [1.807, 2.05) is 17.5 Å². The molecule has 0 aliphatic rings. The van der Waals surface area contributed by atoms with Gasteiger partial charge in [-0.15, -0.1) is 0 Å². The Labute approximate surface area is 119 Å². The highest BCUT2D eigenvalue weighted by Crippen LogP contribution is 2.13. The second kappa shape index (κ2) is 5.96. The summed E-state index contributed by atoms with van der Waals surface area (Å²) in [6, 6.07) is 0. The summed E-state index contributed by atoms with van der Waals surface area (Å²) in [5, 5.41) is 22.0. The summed E-state index contributed by atoms with van der Waals surface area (Å²) in [5.41, 5.74) is 1.04. The monoisotopic (exact) mass is 328 g/mol. The van der Waals surface area contributed by atoms with Crippen LogP contribution in [0.1, 0.15) is 19.0 Å². The number of halogens is 1. The van der Waals surface area contributed by atoms with E-state index in [1.54, 1.807) is 12.4 Å². The van der Waals surface area contributed by atoms with Gasteiger partial charge in [0, 0.05) is 12.7 Å². The first-order chi connectivity index (χ1) is 9.14. The van der Waals surface area contributed by atoms with E-state index >= 15 is 0 Å². The van der Waals surface area contributed by atoms with Crippen LogP contribution in [0.5, 0.6) is 0 Å². The number of nitrogens with one attached hydrogen (secondary N) is 1. The van der Waals surface area contributed by atoms with E-state index in [1.165, 1.54) is 0 Å². The van der Waals surface area contributed by atoms with Gasteiger partial charge in [0.2, 0.25) is 0 Å². The molecule has 0 fully saturated rings. The van der Waals surface area contributed by atoms with Gasteiger partial charge in [0.1, 0.15) is 4.60 Å². The topological polar surface area (TPSA) is 82.7 Å². The number of hydrogen-bond acceptors (Lipinski definition) is 5. The molecule has 0 saturated carbocycles. The lowest BCUT2D eigenvalue weighted by atomic mass is 9.98. The third-order valence-electron chi connectivity index (χ3n) is 3.37. The van der Waals surface area contributed by atoms with Gasteiger partial charge < -0.3 is 15.5 Å². The Hall–Kier alpha value is -1.02. The first kappa shape index (κ1) is 14.4. The zero-order valence-electron chi connectivity index (χ0n) is 10.7. The Kier molecular flexibility index (Phi) is 4.51. The minimum atomic E-state index is -0.658. The van der Waals surface area contributed by atoms with Crippen LogP contribution in [0.4, 0.5) is 0 Å². The van der Waals surface area contributed by atoms with Gasteiger partial charge in [-0.2, -0.15) is 0 Å². The molecule has 0 atom stereocenters. The van der Waals surface area contributed by atoms with Crippen LogP contribution in [-0.4, -0.2) is 43.3 Å². The van der Waals surface area contributed by atoms with Gasteiger partial charge in [-0.3, -0.25) is 4.40 Å². The summed E-state index contributed by atoms with van der Waals surface area (Å²) >= 11 is 3.32. The zero-order chi connectivity index (χ0) is 13.9. The van der Waals surface area contributed by atoms with Crippen molar-refractivity contribution in [1.29, 1.82) is 0 Å². The Morgan fingerprint density at radius 2 is 2.05 bits per heavy atom. The molecule has 104 valence electrons. The molecular formula is C12H17BrN4O2. The first-order valence-electron chi connectivity index (χ1n) is 6.08. The standard InChI is InChI=1S/C12H17BrN4O2/c1-2-12(7-18,8-19)16-4-9-3-15-11-5-14-10(13)6-17(9)11/h3,5-6,16,18-19H,2,4,7-8H2,1H3. The maximum absolute atomic E-state index is 9.40. The lowest BCUT2D eigenvalue weighted by Gasteiger charge is -2.29. The molecule has 0 unspecified atom stereocenters. The van der Waals surface area contributed by atoms with Crippen LogP contribution in [0.15, 0.2) is 23.2 Å². The van der Waals surface area contributed by atoms with E-state index < -0.39 is 5.54 Å². The van der Waals surface area contributed by atoms with E-state index in [0.29, 0.717) is 13.0 Å². The van der Waals surface area contributed by atoms with Crippen LogP contribution in [0.2, 0.25) is 0 Å². The predicted octanol–water partition coefficient (Wildman–Crippen LogP) is 0.715. The first-order valence-corrected chi connectivity index (χ1v) is 6.87. The van der Waals surface area contributed by atoms with Crippen molar-refractivity contribution in [3.63, 3.8) is 0 Å². The number of aliphatic hydroxyl groups excluding tert-OH is 2. The number of rotatable bonds is 6. The lowest BCUT2D eigenvalue weighted by molar-refractivity contribution is 0.0861. The molecule has 0 aromatic carbocycles. The van der Waals surface area contributed by atoms with Crippen molar-refractivity contribution in [1.82, 2.24) is 19.7 Å². The fraction of sp³-hybridized carbons (Fsp3) is 0.500. The van der Waals surface area contributed by atoms with Gasteiger partial charge in [0.15, 0.2) is 5.65 Å². The maximum atomic E-state index is 9.40. The highest BCUT2D eigenvalue weighted by molar-refractivity contribution is 9.10. The molecule has 0 amide bonds. The molecule has 7 heteroatoms. The third kappa shape index (κ3) is 2.94. The minimum absolute atomic E-state index is 0.109. The van der Waals surface area contributed by atoms with Crippen molar-refractivity contribution in [2.45, 2.75) is 25.4 Å². The highest BCUT2D eigenvalue weighted by atomic mass is 79.9. The number of imidazole rings is 1. The van der Waals surface area contributed by atoms with E-state index in [4.69, 9.17) is 0 Å². The molecule has 0 saturated heterocycles. The molecule has 19 heavy (non-hydrogen) atoms. The maximum Gasteiger partial charge on any atom is 0.155 e. The van der Waals surface area contributed by atoms with E-state index in [-0.39, 0.29) is 13.2 Å². The average Bonchev–Trinajstić information content (AvgIpc) is 2.83. The van der Waals surface area contributed by atoms with E-state index in [0.717, 1.165) is 15.9 Å². The van der Waals surface area contributed by atoms with Crippen LogP contribution in [-0.2, 0) is 6.54 Å². The summed E-state index contributed by atoms with van der Waals surface area (Å²) in [7, 11) is 0. The second-order valence-electron chi connectivity index (χ2n) is 4.49. The van der Waals surface area contributed by atoms with Crippen LogP contribution in [0.3, 0.4) is 0 Å². The molecular weight excluding hydrogens is 312 g/mol. The smallest absolute Gasteiger partial charge is 0.155 e. The molecule has 2 rings (SSSR count). The predicted molar refractivity (Wildman–Crippen MR) is 74.7 cm³/mol. The number of fused-ring (bicyclic) bond motifs is 1. The highest BCUT2D eigenvalue weighted by Gasteiger charge is 2.25. The van der Waals surface area contributed by atoms with Crippen molar-refractivity contribution in [3.8, 4) is 0 Å². The number of aliphatic hydroxyl groups is 2. The molecule has 6 nitrogen and oxygen atoms in total. The van der Waals surface area contributed by atoms with Crippen LogP contribution in [0.25, 0.3) is 5.65 Å². The normalized spacial score (nSPS) is 12.2. The van der Waals surface area contributed by atoms with E-state index in [9.17, 15) is 10.2 Å². The summed E-state index contributed by atoms with van der Waals surface area (Å²) in [4.78, 5) is 8.36. The van der Waals surface area contributed by atoms with Crippen molar-refractivity contribution >= 4 is 21.6 Å². The van der Waals surface area contributed by atoms with Gasteiger partial charge in [-0.05, 0) is 22.4 Å². The molecule has 2 aromatic heterocycles. The largest absolute Gasteiger partial charge is 0.394 e. The van der Waals surface area contributed by atoms with Crippen molar-refractivity contribution in [2.24, 2.45) is 0 Å². The van der Waals surface area contributed by atoms with Crippen LogP contribution >= 0.6 is 15.9 Å². The zero-order valence-corrected chi connectivity index (χ0v) is 12.3. The third-order valence-corrected chi connectivity index (χ3v) is 3.78. The van der Waals surface area contributed by atoms with Crippen molar-refractivity contribution in [3.05, 3.63) is 28.9 Å². The van der Waals surface area contributed by atoms with Gasteiger partial charge in [-0.25, -0.2) is 9.97 Å². The summed E-state index contributed by atoms with van der Waals surface area (Å²) in [5.74, 6) is 0. The van der Waals surface area contributed by atoms with Gasteiger partial charge in [-0.1, -0.05) is 6.92 Å². The van der Waals surface area contributed by atoms with Crippen LogP contribution in [0, 0.1) is 0 Å². The minimum Gasteiger partial charge on any atom is -0.394 e. The number of hydrogen-bond donors (Lipinski definition) is 3. The summed E-state index contributed by atoms with van der Waals surface area (Å²) in [6.07, 6.45) is 5.91. The Bertz CT molecular complexity index is 545. The molecule has 2 heterocycles. The fourth-order valence-electron chi connectivity index (χ4n) is 1.84. The van der Waals surface area contributed by atoms with Crippen molar-refractivity contribution < 1.29 is 10.2 Å². The summed E-state index contributed by atoms with van der Waals surface area (Å²) < 4.78 is 2.64. The quantitative estimate of drug-likeness (QED) is 0.727. The number of nitrogens with zero attached hydrogens (tertiary/aromatic N) is 3. The Balaban J connectivity index is 2.20. The SMILES string of the molecule is CCC(CO)(CO)NCc1cnc2cnc(Br)cn12. The van der Waals surface area contributed by atoms with E-state index in [2.05, 4.69) is 31.2 Å². The molecule has 0 aliphatic carbocycles. The van der Waals surface area contributed by atoms with Gasteiger partial charge >= 0.3 is 0 Å². The van der Waals surface area contributed by atoms with Crippen LogP contribution < -0.4 is 5.32 Å². The molecule has 0 spiro atoms. The van der Waals surface area contributed by atoms with Gasteiger partial charge in [0.05, 0.1) is 36.8 Å². The molecule has 0 radical (unpaired) electrons. The van der Waals surface area contributed by atoms with Crippen molar-refractivity contribution in [2.75, 3.05) is 13.2 Å². The number of aromatic nitrogens is 3. The summed E-state index contributed by atoms with van der Waals surface area (Å²) in [6.45, 7) is 2.21. The molecule has 3 N–H and O–H groups in total. The Morgan fingerprint density at radius 3 is 2.68 bits per heavy atom. The molecule has 0 aliphatic heterocycles. The fourth-order valence-corrected chi connectivity index (χ4v) is 2.14. The Morgan fingerprint density at radius 1 is 1.32 bits per heavy atom. The molecule has 0 bridgehead atoms. The van der Waals surface area contributed by atoms with Gasteiger partial charge in [0.25, 0.3) is 0 Å². The lowest BCUT2D eigenvalue weighted by Crippen LogP contribution is -2.50. The molecule has 2 aromatic rings.